The molecule has 2 aromatic heterocycles. The molecule has 3 heterocycles. The van der Waals surface area contributed by atoms with Gasteiger partial charge in [-0.2, -0.15) is 0 Å². The van der Waals surface area contributed by atoms with Gasteiger partial charge in [-0.05, 0) is 32.4 Å². The van der Waals surface area contributed by atoms with E-state index < -0.39 is 0 Å². The highest BCUT2D eigenvalue weighted by Gasteiger charge is 2.20. The number of rotatable bonds is 6. The Hall–Kier alpha value is -0.820. The van der Waals surface area contributed by atoms with Crippen LogP contribution >= 0.6 is 22.7 Å². The van der Waals surface area contributed by atoms with E-state index in [-0.39, 0.29) is 0 Å². The molecule has 1 unspecified atom stereocenters. The van der Waals surface area contributed by atoms with Gasteiger partial charge < -0.3 is 5.32 Å². The van der Waals surface area contributed by atoms with Gasteiger partial charge in [0, 0.05) is 29.5 Å². The molecule has 2 aromatic rings. The second-order valence-electron chi connectivity index (χ2n) is 5.32. The minimum atomic E-state index is 0.767. The van der Waals surface area contributed by atoms with Crippen LogP contribution in [0.1, 0.15) is 22.0 Å². The summed E-state index contributed by atoms with van der Waals surface area (Å²) in [5.74, 6) is 0.767. The summed E-state index contributed by atoms with van der Waals surface area (Å²) < 4.78 is 0. The van der Waals surface area contributed by atoms with Crippen LogP contribution < -0.4 is 5.32 Å². The highest BCUT2D eigenvalue weighted by molar-refractivity contribution is 7.09. The van der Waals surface area contributed by atoms with Crippen LogP contribution in [-0.2, 0) is 13.1 Å². The van der Waals surface area contributed by atoms with Crippen molar-refractivity contribution in [3.8, 4) is 0 Å². The first-order valence-corrected chi connectivity index (χ1v) is 8.77. The van der Waals surface area contributed by atoms with Crippen LogP contribution in [0.2, 0.25) is 0 Å². The lowest BCUT2D eigenvalue weighted by atomic mass is 10.1. The van der Waals surface area contributed by atoms with Crippen LogP contribution in [0.25, 0.3) is 0 Å². The molecular weight excluding hydrogens is 288 g/mol. The van der Waals surface area contributed by atoms with Gasteiger partial charge in [-0.1, -0.05) is 0 Å². The van der Waals surface area contributed by atoms with Crippen molar-refractivity contribution in [2.75, 3.05) is 19.6 Å². The maximum Gasteiger partial charge on any atom is 0.107 e. The van der Waals surface area contributed by atoms with E-state index in [9.17, 15) is 0 Å². The molecule has 108 valence electrons. The fraction of sp³-hybridized carbons (Fsp3) is 0.571. The largest absolute Gasteiger partial charge is 0.316 e. The zero-order valence-corrected chi connectivity index (χ0v) is 13.3. The minimum absolute atomic E-state index is 0.767. The fourth-order valence-electron chi connectivity index (χ4n) is 2.62. The van der Waals surface area contributed by atoms with Crippen LogP contribution in [-0.4, -0.2) is 34.5 Å². The molecule has 20 heavy (non-hydrogen) atoms. The zero-order chi connectivity index (χ0) is 13.8. The lowest BCUT2D eigenvalue weighted by Gasteiger charge is -2.24. The lowest BCUT2D eigenvalue weighted by molar-refractivity contribution is 0.222. The van der Waals surface area contributed by atoms with E-state index in [4.69, 9.17) is 0 Å². The molecule has 0 bridgehead atoms. The lowest BCUT2D eigenvalue weighted by Crippen LogP contribution is -2.29. The van der Waals surface area contributed by atoms with E-state index in [0.29, 0.717) is 0 Å². The molecule has 3 rings (SSSR count). The number of aryl methyl sites for hydroxylation is 1. The summed E-state index contributed by atoms with van der Waals surface area (Å²) in [6, 6.07) is 0. The predicted octanol–water partition coefficient (Wildman–Crippen LogP) is 2.52. The number of nitrogens with zero attached hydrogens (tertiary/aromatic N) is 3. The second-order valence-corrected chi connectivity index (χ2v) is 7.23. The molecule has 0 amide bonds. The van der Waals surface area contributed by atoms with Crippen molar-refractivity contribution < 1.29 is 0 Å². The molecule has 1 saturated heterocycles. The number of hydrogen-bond acceptors (Lipinski definition) is 6. The van der Waals surface area contributed by atoms with Gasteiger partial charge in [-0.25, -0.2) is 9.97 Å². The Balaban J connectivity index is 1.67. The molecule has 6 heteroatoms. The van der Waals surface area contributed by atoms with Gasteiger partial charge in [-0.3, -0.25) is 4.90 Å². The average Bonchev–Trinajstić information content (AvgIpc) is 3.15. The minimum Gasteiger partial charge on any atom is -0.316 e. The van der Waals surface area contributed by atoms with Crippen LogP contribution in [0, 0.1) is 12.8 Å². The number of nitrogens with one attached hydrogen (secondary N) is 1. The first kappa shape index (κ1) is 14.1. The topological polar surface area (TPSA) is 41.1 Å². The molecule has 0 saturated carbocycles. The zero-order valence-electron chi connectivity index (χ0n) is 11.7. The van der Waals surface area contributed by atoms with Crippen LogP contribution in [0.5, 0.6) is 0 Å². The highest BCUT2D eigenvalue weighted by Crippen LogP contribution is 2.20. The smallest absolute Gasteiger partial charge is 0.107 e. The Bertz CT molecular complexity index is 517. The van der Waals surface area contributed by atoms with Gasteiger partial charge in [-0.15, -0.1) is 22.7 Å². The Kier molecular flexibility index (Phi) is 4.77. The van der Waals surface area contributed by atoms with Gasteiger partial charge in [0.25, 0.3) is 0 Å². The Morgan fingerprint density at radius 3 is 2.95 bits per heavy atom. The Morgan fingerprint density at radius 2 is 2.30 bits per heavy atom. The van der Waals surface area contributed by atoms with Gasteiger partial charge in [0.15, 0.2) is 0 Å². The number of aromatic nitrogens is 2. The molecule has 1 aliphatic rings. The third-order valence-electron chi connectivity index (χ3n) is 3.73. The monoisotopic (exact) mass is 308 g/mol. The SMILES string of the molecule is Cc1ncsc1CN(Cc1nccs1)CC1CCNC1. The molecule has 0 spiro atoms. The molecular formula is C14H20N4S2. The van der Waals surface area contributed by atoms with E-state index in [1.165, 1.54) is 22.0 Å². The summed E-state index contributed by atoms with van der Waals surface area (Å²) >= 11 is 3.51. The maximum absolute atomic E-state index is 4.43. The molecule has 1 fully saturated rings. The van der Waals surface area contributed by atoms with Gasteiger partial charge in [0.1, 0.15) is 5.01 Å². The molecule has 0 aliphatic carbocycles. The third kappa shape index (κ3) is 3.63. The Morgan fingerprint density at radius 1 is 1.35 bits per heavy atom. The first-order valence-electron chi connectivity index (χ1n) is 7.01. The molecule has 1 atom stereocenters. The van der Waals surface area contributed by atoms with Crippen molar-refractivity contribution in [1.29, 1.82) is 0 Å². The van der Waals surface area contributed by atoms with E-state index in [0.717, 1.165) is 38.6 Å². The van der Waals surface area contributed by atoms with Crippen molar-refractivity contribution in [3.63, 3.8) is 0 Å². The quantitative estimate of drug-likeness (QED) is 0.890. The highest BCUT2D eigenvalue weighted by atomic mass is 32.1. The summed E-state index contributed by atoms with van der Waals surface area (Å²) in [5, 5.41) is 6.72. The van der Waals surface area contributed by atoms with Gasteiger partial charge in [0.2, 0.25) is 0 Å². The summed E-state index contributed by atoms with van der Waals surface area (Å²) in [6.07, 6.45) is 3.18. The number of thiazole rings is 2. The Labute approximate surface area is 127 Å². The maximum atomic E-state index is 4.43. The predicted molar refractivity (Wildman–Crippen MR) is 84.1 cm³/mol. The van der Waals surface area contributed by atoms with Gasteiger partial charge >= 0.3 is 0 Å². The van der Waals surface area contributed by atoms with E-state index in [1.54, 1.807) is 22.7 Å². The third-order valence-corrected chi connectivity index (χ3v) is 5.42. The van der Waals surface area contributed by atoms with Crippen molar-refractivity contribution in [2.45, 2.75) is 26.4 Å². The van der Waals surface area contributed by atoms with Crippen LogP contribution in [0.4, 0.5) is 0 Å². The first-order chi connectivity index (χ1) is 9.81. The fourth-order valence-corrected chi connectivity index (χ4v) is 4.10. The summed E-state index contributed by atoms with van der Waals surface area (Å²) in [7, 11) is 0. The van der Waals surface area contributed by atoms with Crippen molar-refractivity contribution in [2.24, 2.45) is 5.92 Å². The molecule has 4 nitrogen and oxygen atoms in total. The van der Waals surface area contributed by atoms with Gasteiger partial charge in [0.05, 0.1) is 17.7 Å². The van der Waals surface area contributed by atoms with Crippen molar-refractivity contribution >= 4 is 22.7 Å². The van der Waals surface area contributed by atoms with Crippen LogP contribution in [0.3, 0.4) is 0 Å². The average molecular weight is 308 g/mol. The molecule has 1 aliphatic heterocycles. The second kappa shape index (κ2) is 6.76. The summed E-state index contributed by atoms with van der Waals surface area (Å²) in [5.41, 5.74) is 3.12. The van der Waals surface area contributed by atoms with E-state index >= 15 is 0 Å². The van der Waals surface area contributed by atoms with E-state index in [2.05, 4.69) is 32.5 Å². The molecule has 1 N–H and O–H groups in total. The standard InChI is InChI=1S/C14H20N4S2/c1-11-13(20-10-17-11)8-18(7-12-2-3-15-6-12)9-14-16-4-5-19-14/h4-5,10,12,15H,2-3,6-9H2,1H3. The normalized spacial score (nSPS) is 19.0. The summed E-state index contributed by atoms with van der Waals surface area (Å²) in [6.45, 7) is 7.50. The number of hydrogen-bond donors (Lipinski definition) is 1. The van der Waals surface area contributed by atoms with Crippen molar-refractivity contribution in [3.05, 3.63) is 32.7 Å². The van der Waals surface area contributed by atoms with E-state index in [1.807, 2.05) is 11.7 Å². The van der Waals surface area contributed by atoms with Crippen LogP contribution in [0.15, 0.2) is 17.1 Å². The van der Waals surface area contributed by atoms with Crippen molar-refractivity contribution in [1.82, 2.24) is 20.2 Å². The molecule has 0 radical (unpaired) electrons. The summed E-state index contributed by atoms with van der Waals surface area (Å²) in [4.78, 5) is 12.7. The molecule has 0 aromatic carbocycles.